The quantitative estimate of drug-likeness (QED) is 0.616. The summed E-state index contributed by atoms with van der Waals surface area (Å²) in [6.07, 6.45) is -0.467. The molecule has 0 aromatic carbocycles. The third-order valence-corrected chi connectivity index (χ3v) is 2.12. The SMILES string of the molecule is CCC(=O)OC1OC(O)CS1. The largest absolute Gasteiger partial charge is 0.426 e. The van der Waals surface area contributed by atoms with Crippen molar-refractivity contribution >= 4 is 17.7 Å². The number of carbonyl (C=O) groups is 1. The Kier molecular flexibility index (Phi) is 3.16. The molecule has 0 aromatic heterocycles. The van der Waals surface area contributed by atoms with Crippen LogP contribution in [0, 0.1) is 0 Å². The molecule has 1 N–H and O–H groups in total. The zero-order valence-electron chi connectivity index (χ0n) is 6.15. The summed E-state index contributed by atoms with van der Waals surface area (Å²) in [7, 11) is 0. The minimum atomic E-state index is -0.797. The second-order valence-corrected chi connectivity index (χ2v) is 3.11. The third kappa shape index (κ3) is 2.69. The second-order valence-electron chi connectivity index (χ2n) is 2.06. The van der Waals surface area contributed by atoms with Gasteiger partial charge in [0.15, 0.2) is 6.29 Å². The highest BCUT2D eigenvalue weighted by Gasteiger charge is 2.26. The van der Waals surface area contributed by atoms with Gasteiger partial charge in [0.05, 0.1) is 5.75 Å². The van der Waals surface area contributed by atoms with E-state index in [-0.39, 0.29) is 5.97 Å². The van der Waals surface area contributed by atoms with Crippen LogP contribution >= 0.6 is 11.8 Å². The summed E-state index contributed by atoms with van der Waals surface area (Å²) in [6.45, 7) is 1.71. The van der Waals surface area contributed by atoms with Gasteiger partial charge in [0.1, 0.15) is 0 Å². The minimum Gasteiger partial charge on any atom is -0.426 e. The van der Waals surface area contributed by atoms with Crippen LogP contribution in [0.5, 0.6) is 0 Å². The number of thioether (sulfide) groups is 1. The Bertz CT molecular complexity index is 150. The standard InChI is InChI=1S/C6H10O4S/c1-2-4(7)9-6-10-5(8)3-11-6/h5-6,8H,2-3H2,1H3. The van der Waals surface area contributed by atoms with Crippen LogP contribution in [0.3, 0.4) is 0 Å². The normalized spacial score (nSPS) is 30.4. The summed E-state index contributed by atoms with van der Waals surface area (Å²) in [5.74, 6) is 0.151. The van der Waals surface area contributed by atoms with E-state index >= 15 is 0 Å². The van der Waals surface area contributed by atoms with Crippen molar-refractivity contribution in [3.05, 3.63) is 0 Å². The Balaban J connectivity index is 2.23. The highest BCUT2D eigenvalue weighted by atomic mass is 32.2. The predicted octanol–water partition coefficient (Wildman–Crippen LogP) is 0.305. The third-order valence-electron chi connectivity index (χ3n) is 1.16. The summed E-state index contributed by atoms with van der Waals surface area (Å²) in [4.78, 5) is 10.7. The molecule has 2 unspecified atom stereocenters. The molecular formula is C6H10O4S. The van der Waals surface area contributed by atoms with Crippen LogP contribution in [0.25, 0.3) is 0 Å². The van der Waals surface area contributed by atoms with E-state index in [1.807, 2.05) is 0 Å². The number of hydrogen-bond acceptors (Lipinski definition) is 5. The van der Waals surface area contributed by atoms with Crippen LogP contribution in [0.2, 0.25) is 0 Å². The molecule has 0 aromatic rings. The van der Waals surface area contributed by atoms with Crippen LogP contribution < -0.4 is 0 Å². The molecule has 1 heterocycles. The summed E-state index contributed by atoms with van der Waals surface area (Å²) in [6, 6.07) is 0. The van der Waals surface area contributed by atoms with E-state index in [9.17, 15) is 4.79 Å². The lowest BCUT2D eigenvalue weighted by atomic mass is 10.5. The van der Waals surface area contributed by atoms with Crippen molar-refractivity contribution in [3.8, 4) is 0 Å². The first-order chi connectivity index (χ1) is 5.22. The smallest absolute Gasteiger partial charge is 0.308 e. The average Bonchev–Trinajstić information content (AvgIpc) is 2.35. The molecule has 4 nitrogen and oxygen atoms in total. The van der Waals surface area contributed by atoms with Gasteiger partial charge in [0, 0.05) is 6.42 Å². The van der Waals surface area contributed by atoms with Crippen molar-refractivity contribution in [1.29, 1.82) is 0 Å². The topological polar surface area (TPSA) is 55.8 Å². The monoisotopic (exact) mass is 178 g/mol. The molecule has 64 valence electrons. The zero-order valence-corrected chi connectivity index (χ0v) is 6.97. The van der Waals surface area contributed by atoms with Crippen molar-refractivity contribution in [2.75, 3.05) is 5.75 Å². The summed E-state index contributed by atoms with van der Waals surface area (Å²) < 4.78 is 9.58. The Morgan fingerprint density at radius 1 is 1.91 bits per heavy atom. The van der Waals surface area contributed by atoms with Gasteiger partial charge in [0.2, 0.25) is 0 Å². The lowest BCUT2D eigenvalue weighted by Crippen LogP contribution is -2.16. The predicted molar refractivity (Wildman–Crippen MR) is 39.7 cm³/mol. The number of rotatable bonds is 2. The van der Waals surface area contributed by atoms with Crippen LogP contribution in [0.4, 0.5) is 0 Å². The lowest BCUT2D eigenvalue weighted by Gasteiger charge is -2.09. The molecule has 5 heteroatoms. The molecule has 0 aliphatic carbocycles. The summed E-state index contributed by atoms with van der Waals surface area (Å²) >= 11 is 1.28. The Morgan fingerprint density at radius 2 is 2.64 bits per heavy atom. The molecule has 0 amide bonds. The fourth-order valence-corrected chi connectivity index (χ4v) is 1.40. The number of carbonyl (C=O) groups excluding carboxylic acids is 1. The maximum Gasteiger partial charge on any atom is 0.308 e. The summed E-state index contributed by atoms with van der Waals surface area (Å²) in [5, 5.41) is 8.85. The van der Waals surface area contributed by atoms with Gasteiger partial charge in [-0.25, -0.2) is 0 Å². The van der Waals surface area contributed by atoms with E-state index < -0.39 is 11.9 Å². The summed E-state index contributed by atoms with van der Waals surface area (Å²) in [5.41, 5.74) is -0.613. The van der Waals surface area contributed by atoms with Crippen LogP contribution in [0.1, 0.15) is 13.3 Å². The fourth-order valence-electron chi connectivity index (χ4n) is 0.620. The van der Waals surface area contributed by atoms with Gasteiger partial charge < -0.3 is 14.6 Å². The Labute approximate surface area is 68.9 Å². The average molecular weight is 178 g/mol. The van der Waals surface area contributed by atoms with Gasteiger partial charge in [-0.3, -0.25) is 4.79 Å². The van der Waals surface area contributed by atoms with Crippen molar-refractivity contribution < 1.29 is 19.4 Å². The van der Waals surface area contributed by atoms with Crippen molar-refractivity contribution in [1.82, 2.24) is 0 Å². The molecule has 1 aliphatic heterocycles. The maximum atomic E-state index is 10.7. The number of aliphatic hydroxyl groups is 1. The van der Waals surface area contributed by atoms with Crippen LogP contribution in [-0.2, 0) is 14.3 Å². The molecule has 2 atom stereocenters. The van der Waals surface area contributed by atoms with E-state index in [0.29, 0.717) is 12.2 Å². The van der Waals surface area contributed by atoms with E-state index in [4.69, 9.17) is 14.6 Å². The number of hydrogen-bond donors (Lipinski definition) is 1. The van der Waals surface area contributed by atoms with Gasteiger partial charge >= 0.3 is 5.97 Å². The fraction of sp³-hybridized carbons (Fsp3) is 0.833. The molecule has 0 radical (unpaired) electrons. The van der Waals surface area contributed by atoms with Gasteiger partial charge in [0.25, 0.3) is 5.62 Å². The van der Waals surface area contributed by atoms with Gasteiger partial charge in [-0.15, -0.1) is 0 Å². The molecule has 1 rings (SSSR count). The van der Waals surface area contributed by atoms with E-state index in [1.54, 1.807) is 6.92 Å². The lowest BCUT2D eigenvalue weighted by molar-refractivity contribution is -0.182. The molecule has 11 heavy (non-hydrogen) atoms. The molecule has 1 saturated heterocycles. The molecule has 0 spiro atoms. The molecule has 0 saturated carbocycles. The van der Waals surface area contributed by atoms with E-state index in [2.05, 4.69) is 0 Å². The second kappa shape index (κ2) is 3.94. The van der Waals surface area contributed by atoms with Crippen molar-refractivity contribution in [3.63, 3.8) is 0 Å². The number of ether oxygens (including phenoxy) is 2. The zero-order chi connectivity index (χ0) is 8.27. The minimum absolute atomic E-state index is 0.309. The van der Waals surface area contributed by atoms with Gasteiger partial charge in [-0.05, 0) is 0 Å². The van der Waals surface area contributed by atoms with Crippen LogP contribution in [0.15, 0.2) is 0 Å². The first-order valence-corrected chi connectivity index (χ1v) is 4.42. The first kappa shape index (κ1) is 8.83. The Hall–Kier alpha value is -0.260. The first-order valence-electron chi connectivity index (χ1n) is 3.37. The van der Waals surface area contributed by atoms with Gasteiger partial charge in [-0.2, -0.15) is 0 Å². The highest BCUT2D eigenvalue weighted by Crippen LogP contribution is 2.24. The van der Waals surface area contributed by atoms with Crippen molar-refractivity contribution in [2.45, 2.75) is 25.3 Å². The molecule has 1 fully saturated rings. The number of aliphatic hydroxyl groups excluding tert-OH is 1. The van der Waals surface area contributed by atoms with E-state index in [0.717, 1.165) is 0 Å². The van der Waals surface area contributed by atoms with Crippen LogP contribution in [-0.4, -0.2) is 28.7 Å². The maximum absolute atomic E-state index is 10.7. The molecule has 1 aliphatic rings. The van der Waals surface area contributed by atoms with Crippen molar-refractivity contribution in [2.24, 2.45) is 0 Å². The van der Waals surface area contributed by atoms with E-state index in [1.165, 1.54) is 11.8 Å². The Morgan fingerprint density at radius 3 is 3.09 bits per heavy atom. The van der Waals surface area contributed by atoms with Gasteiger partial charge in [-0.1, -0.05) is 18.7 Å². The highest BCUT2D eigenvalue weighted by molar-refractivity contribution is 7.99. The molecule has 0 bridgehead atoms. The number of esters is 1. The molecular weight excluding hydrogens is 168 g/mol.